The van der Waals surface area contributed by atoms with Crippen LogP contribution in [0.1, 0.15) is 54.4 Å². The molecule has 4 rings (SSSR count). The van der Waals surface area contributed by atoms with Crippen molar-refractivity contribution in [3.05, 3.63) is 35.4 Å². The highest BCUT2D eigenvalue weighted by atomic mass is 16.2. The molecule has 0 aromatic heterocycles. The van der Waals surface area contributed by atoms with Crippen LogP contribution >= 0.6 is 0 Å². The van der Waals surface area contributed by atoms with Crippen molar-refractivity contribution in [2.75, 3.05) is 13.1 Å². The molecule has 1 unspecified atom stereocenters. The van der Waals surface area contributed by atoms with Crippen LogP contribution in [0.2, 0.25) is 0 Å². The second kappa shape index (κ2) is 7.09. The quantitative estimate of drug-likeness (QED) is 0.894. The van der Waals surface area contributed by atoms with Crippen molar-refractivity contribution >= 4 is 17.7 Å². The van der Waals surface area contributed by atoms with Gasteiger partial charge in [-0.1, -0.05) is 25.0 Å². The second-order valence-corrected chi connectivity index (χ2v) is 7.59. The first-order chi connectivity index (χ1) is 12.6. The number of amides is 3. The number of piperazine rings is 1. The van der Waals surface area contributed by atoms with Crippen LogP contribution in [0.5, 0.6) is 0 Å². The Balaban J connectivity index is 1.38. The van der Waals surface area contributed by atoms with Crippen molar-refractivity contribution in [2.24, 2.45) is 0 Å². The van der Waals surface area contributed by atoms with Crippen LogP contribution in [0.4, 0.5) is 0 Å². The van der Waals surface area contributed by atoms with Crippen LogP contribution < -0.4 is 5.32 Å². The molecule has 138 valence electrons. The van der Waals surface area contributed by atoms with E-state index in [9.17, 15) is 14.4 Å². The summed E-state index contributed by atoms with van der Waals surface area (Å²) in [5.41, 5.74) is 1.58. The number of rotatable bonds is 4. The van der Waals surface area contributed by atoms with Gasteiger partial charge >= 0.3 is 0 Å². The number of fused-ring (bicyclic) bond motifs is 1. The molecule has 6 heteroatoms. The van der Waals surface area contributed by atoms with Crippen molar-refractivity contribution in [3.63, 3.8) is 0 Å². The summed E-state index contributed by atoms with van der Waals surface area (Å²) in [5.74, 6) is 0.0547. The highest BCUT2D eigenvalue weighted by molar-refractivity contribution is 5.95. The van der Waals surface area contributed by atoms with E-state index in [-0.39, 0.29) is 30.3 Å². The third-order valence-corrected chi connectivity index (χ3v) is 5.78. The summed E-state index contributed by atoms with van der Waals surface area (Å²) in [7, 11) is 0. The van der Waals surface area contributed by atoms with E-state index >= 15 is 0 Å². The molecule has 2 aliphatic heterocycles. The van der Waals surface area contributed by atoms with Gasteiger partial charge < -0.3 is 15.1 Å². The van der Waals surface area contributed by atoms with Crippen LogP contribution in [0, 0.1) is 0 Å². The van der Waals surface area contributed by atoms with E-state index in [1.165, 1.54) is 12.8 Å². The minimum absolute atomic E-state index is 0.0331. The van der Waals surface area contributed by atoms with Gasteiger partial charge in [0.2, 0.25) is 11.8 Å². The topological polar surface area (TPSA) is 69.7 Å². The van der Waals surface area contributed by atoms with Gasteiger partial charge in [-0.3, -0.25) is 14.4 Å². The van der Waals surface area contributed by atoms with Gasteiger partial charge in [0.05, 0.1) is 0 Å². The lowest BCUT2D eigenvalue weighted by atomic mass is 10.1. The summed E-state index contributed by atoms with van der Waals surface area (Å²) in [6, 6.07) is 7.39. The molecular weight excluding hydrogens is 330 g/mol. The average molecular weight is 355 g/mol. The minimum Gasteiger partial charge on any atom is -0.349 e. The molecule has 1 N–H and O–H groups in total. The highest BCUT2D eigenvalue weighted by Crippen LogP contribution is 2.25. The zero-order valence-electron chi connectivity index (χ0n) is 14.9. The Labute approximate surface area is 153 Å². The van der Waals surface area contributed by atoms with Gasteiger partial charge in [0.1, 0.15) is 12.6 Å². The lowest BCUT2D eigenvalue weighted by Crippen LogP contribution is -2.56. The molecule has 0 spiro atoms. The van der Waals surface area contributed by atoms with Crippen LogP contribution in [-0.4, -0.2) is 52.7 Å². The Kier molecular flexibility index (Phi) is 4.66. The Morgan fingerprint density at radius 2 is 1.77 bits per heavy atom. The molecule has 3 aliphatic rings. The monoisotopic (exact) mass is 355 g/mol. The summed E-state index contributed by atoms with van der Waals surface area (Å²) in [4.78, 5) is 40.5. The summed E-state index contributed by atoms with van der Waals surface area (Å²) in [6.45, 7) is 1.27. The number of benzene rings is 1. The van der Waals surface area contributed by atoms with E-state index in [4.69, 9.17) is 0 Å². The standard InChI is InChI=1S/C20H25N3O3/c24-18-13-22(20(26)17-6-3-11-23(17)18)12-14-7-9-15(10-8-14)19(25)21-16-4-1-2-5-16/h7-10,16-17H,1-6,11-13H2,(H,21,25). The van der Waals surface area contributed by atoms with Gasteiger partial charge in [0, 0.05) is 24.7 Å². The smallest absolute Gasteiger partial charge is 0.251 e. The minimum atomic E-state index is -0.271. The van der Waals surface area contributed by atoms with Crippen LogP contribution in [0.3, 0.4) is 0 Å². The summed E-state index contributed by atoms with van der Waals surface area (Å²) in [5, 5.41) is 3.08. The van der Waals surface area contributed by atoms with Crippen LogP contribution in [0.25, 0.3) is 0 Å². The number of nitrogens with one attached hydrogen (secondary N) is 1. The first-order valence-electron chi connectivity index (χ1n) is 9.60. The van der Waals surface area contributed by atoms with Gasteiger partial charge in [-0.2, -0.15) is 0 Å². The van der Waals surface area contributed by atoms with Gasteiger partial charge in [-0.05, 0) is 43.4 Å². The summed E-state index contributed by atoms with van der Waals surface area (Å²) in [6.07, 6.45) is 6.16. The molecule has 1 aromatic rings. The summed E-state index contributed by atoms with van der Waals surface area (Å²) >= 11 is 0. The van der Waals surface area contributed by atoms with Crippen molar-refractivity contribution in [2.45, 2.75) is 57.2 Å². The van der Waals surface area contributed by atoms with Crippen molar-refractivity contribution in [1.82, 2.24) is 15.1 Å². The molecule has 6 nitrogen and oxygen atoms in total. The number of nitrogens with zero attached hydrogens (tertiary/aromatic N) is 2. The third kappa shape index (κ3) is 3.32. The maximum atomic E-state index is 12.6. The Morgan fingerprint density at radius 3 is 2.50 bits per heavy atom. The molecule has 0 bridgehead atoms. The molecular formula is C20H25N3O3. The second-order valence-electron chi connectivity index (χ2n) is 7.59. The van der Waals surface area contributed by atoms with Gasteiger partial charge in [-0.25, -0.2) is 0 Å². The molecule has 1 atom stereocenters. The van der Waals surface area contributed by atoms with Gasteiger partial charge in [0.15, 0.2) is 0 Å². The number of carbonyl (C=O) groups is 3. The van der Waals surface area contributed by atoms with E-state index in [2.05, 4.69) is 5.32 Å². The number of hydrogen-bond acceptors (Lipinski definition) is 3. The normalized spacial score (nSPS) is 23.5. The molecule has 3 amide bonds. The molecule has 26 heavy (non-hydrogen) atoms. The first kappa shape index (κ1) is 17.1. The van der Waals surface area contributed by atoms with E-state index < -0.39 is 0 Å². The SMILES string of the molecule is O=C(NC1CCCC1)c1ccc(CN2CC(=O)N3CCCC3C2=O)cc1. The van der Waals surface area contributed by atoms with Gasteiger partial charge in [-0.15, -0.1) is 0 Å². The van der Waals surface area contributed by atoms with Crippen molar-refractivity contribution < 1.29 is 14.4 Å². The first-order valence-corrected chi connectivity index (χ1v) is 9.60. The predicted molar refractivity (Wildman–Crippen MR) is 96.3 cm³/mol. The fourth-order valence-corrected chi connectivity index (χ4v) is 4.32. The molecule has 3 fully saturated rings. The molecule has 2 heterocycles. The highest BCUT2D eigenvalue weighted by Gasteiger charge is 2.41. The largest absolute Gasteiger partial charge is 0.349 e. The Morgan fingerprint density at radius 1 is 1.04 bits per heavy atom. The molecule has 0 radical (unpaired) electrons. The molecule has 2 saturated heterocycles. The Bertz CT molecular complexity index is 710. The Hall–Kier alpha value is -2.37. The molecule has 1 aromatic carbocycles. The predicted octanol–water partition coefficient (Wildman–Crippen LogP) is 1.69. The van der Waals surface area contributed by atoms with Crippen molar-refractivity contribution in [3.8, 4) is 0 Å². The third-order valence-electron chi connectivity index (χ3n) is 5.78. The van der Waals surface area contributed by atoms with Crippen molar-refractivity contribution in [1.29, 1.82) is 0 Å². The average Bonchev–Trinajstić information content (AvgIpc) is 3.32. The van der Waals surface area contributed by atoms with E-state index in [1.807, 2.05) is 12.1 Å². The van der Waals surface area contributed by atoms with Crippen LogP contribution in [0.15, 0.2) is 24.3 Å². The molecule has 1 saturated carbocycles. The van der Waals surface area contributed by atoms with E-state index in [0.29, 0.717) is 24.7 Å². The summed E-state index contributed by atoms with van der Waals surface area (Å²) < 4.78 is 0. The van der Waals surface area contributed by atoms with E-state index in [1.54, 1.807) is 21.9 Å². The van der Waals surface area contributed by atoms with Crippen LogP contribution in [-0.2, 0) is 16.1 Å². The lowest BCUT2D eigenvalue weighted by molar-refractivity contribution is -0.154. The fraction of sp³-hybridized carbons (Fsp3) is 0.550. The number of hydrogen-bond donors (Lipinski definition) is 1. The lowest BCUT2D eigenvalue weighted by Gasteiger charge is -2.36. The van der Waals surface area contributed by atoms with Gasteiger partial charge in [0.25, 0.3) is 5.91 Å². The zero-order chi connectivity index (χ0) is 18.1. The maximum absolute atomic E-state index is 12.6. The molecule has 1 aliphatic carbocycles. The van der Waals surface area contributed by atoms with E-state index in [0.717, 1.165) is 31.2 Å². The zero-order valence-corrected chi connectivity index (χ0v) is 14.9. The number of carbonyl (C=O) groups excluding carboxylic acids is 3. The maximum Gasteiger partial charge on any atom is 0.251 e. The fourth-order valence-electron chi connectivity index (χ4n) is 4.32.